The van der Waals surface area contributed by atoms with Gasteiger partial charge >= 0.3 is 30.3 Å². The molecule has 0 radical (unpaired) electrons. The minimum atomic E-state index is -0.896. The normalized spacial score (nSPS) is 14.1. The summed E-state index contributed by atoms with van der Waals surface area (Å²) >= 11 is 0. The third kappa shape index (κ3) is 11.1. The van der Waals surface area contributed by atoms with Crippen LogP contribution in [-0.2, 0) is 28.5 Å². The lowest BCUT2D eigenvalue weighted by molar-refractivity contribution is -0.142. The van der Waals surface area contributed by atoms with Crippen molar-refractivity contribution < 1.29 is 47.7 Å². The number of hydrogen-bond acceptors (Lipinski definition) is 10. The van der Waals surface area contributed by atoms with Gasteiger partial charge in [-0.1, -0.05) is 68.8 Å². The molecule has 0 bridgehead atoms. The van der Waals surface area contributed by atoms with Crippen LogP contribution in [0.4, 0.5) is 19.2 Å². The standard InChI is InChI=1S/C33H44N4O10/c1-6-20(2)28(19-47-32(41)36-22(4)29(38)43-5)37-33(42)44-16-15-34-30(39)45-17-21(3)35-31(40)46-18-27-25-13-9-7-11-23(25)24-12-8-10-14-26(24)27/h7-14,20-22,27-28H,6,15-19H2,1-5H3,(H,34,39)(H,35,40)(H,36,41)(H,37,42)/t20?,21-,22-,28+/m0/s1. The number of carbonyl (C=O) groups is 5. The van der Waals surface area contributed by atoms with Crippen LogP contribution < -0.4 is 21.3 Å². The van der Waals surface area contributed by atoms with Crippen molar-refractivity contribution in [1.82, 2.24) is 21.3 Å². The molecule has 2 aromatic rings. The third-order valence-electron chi connectivity index (χ3n) is 7.69. The summed E-state index contributed by atoms with van der Waals surface area (Å²) in [4.78, 5) is 60.3. The van der Waals surface area contributed by atoms with E-state index < -0.39 is 48.5 Å². The quantitative estimate of drug-likeness (QED) is 0.124. The van der Waals surface area contributed by atoms with Gasteiger partial charge in [-0.2, -0.15) is 0 Å². The number of fused-ring (bicyclic) bond motifs is 3. The number of methoxy groups -OCH3 is 1. The van der Waals surface area contributed by atoms with Crippen LogP contribution in [-0.4, -0.2) is 88.5 Å². The molecule has 4 N–H and O–H groups in total. The fraction of sp³-hybridized carbons (Fsp3) is 0.485. The predicted octanol–water partition coefficient (Wildman–Crippen LogP) is 4.07. The predicted molar refractivity (Wildman–Crippen MR) is 171 cm³/mol. The zero-order valence-corrected chi connectivity index (χ0v) is 27.3. The van der Waals surface area contributed by atoms with Crippen LogP contribution in [0.25, 0.3) is 11.1 Å². The number of esters is 1. The number of nitrogens with one attached hydrogen (secondary N) is 4. The van der Waals surface area contributed by atoms with Gasteiger partial charge in [0.2, 0.25) is 0 Å². The average Bonchev–Trinajstić information content (AvgIpc) is 3.39. The molecule has 14 nitrogen and oxygen atoms in total. The smallest absolute Gasteiger partial charge is 0.407 e. The zero-order chi connectivity index (χ0) is 34.3. The Labute approximate surface area is 274 Å². The molecule has 0 spiro atoms. The molecule has 1 aliphatic rings. The van der Waals surface area contributed by atoms with Crippen LogP contribution >= 0.6 is 0 Å². The van der Waals surface area contributed by atoms with E-state index in [9.17, 15) is 24.0 Å². The van der Waals surface area contributed by atoms with Crippen molar-refractivity contribution in [3.8, 4) is 11.1 Å². The number of benzene rings is 2. The number of rotatable bonds is 15. The van der Waals surface area contributed by atoms with Gasteiger partial charge in [-0.15, -0.1) is 0 Å². The van der Waals surface area contributed by atoms with Crippen LogP contribution in [0.15, 0.2) is 48.5 Å². The summed E-state index contributed by atoms with van der Waals surface area (Å²) in [5.41, 5.74) is 4.47. The molecule has 0 fully saturated rings. The Bertz CT molecular complexity index is 1340. The van der Waals surface area contributed by atoms with Crippen LogP contribution in [0.5, 0.6) is 0 Å². The topological polar surface area (TPSA) is 180 Å². The number of alkyl carbamates (subject to hydrolysis) is 4. The Morgan fingerprint density at radius 2 is 1.30 bits per heavy atom. The molecule has 256 valence electrons. The molecular formula is C33H44N4O10. The van der Waals surface area contributed by atoms with E-state index in [2.05, 4.69) is 38.1 Å². The van der Waals surface area contributed by atoms with Crippen molar-refractivity contribution in [3.63, 3.8) is 0 Å². The van der Waals surface area contributed by atoms with Gasteiger partial charge in [-0.25, -0.2) is 24.0 Å². The van der Waals surface area contributed by atoms with E-state index >= 15 is 0 Å². The largest absolute Gasteiger partial charge is 0.467 e. The number of amides is 4. The number of hydrogen-bond donors (Lipinski definition) is 4. The average molecular weight is 657 g/mol. The zero-order valence-electron chi connectivity index (χ0n) is 27.3. The Hall–Kier alpha value is -5.01. The summed E-state index contributed by atoms with van der Waals surface area (Å²) in [5, 5.41) is 10.1. The fourth-order valence-electron chi connectivity index (χ4n) is 4.88. The van der Waals surface area contributed by atoms with Crippen molar-refractivity contribution in [2.45, 2.75) is 58.2 Å². The molecule has 0 saturated carbocycles. The third-order valence-corrected chi connectivity index (χ3v) is 7.69. The summed E-state index contributed by atoms with van der Waals surface area (Å²) in [6, 6.07) is 14.1. The van der Waals surface area contributed by atoms with Crippen molar-refractivity contribution in [2.75, 3.05) is 40.1 Å². The van der Waals surface area contributed by atoms with E-state index in [1.165, 1.54) is 14.0 Å². The summed E-state index contributed by atoms with van der Waals surface area (Å²) in [6.07, 6.45) is -2.31. The van der Waals surface area contributed by atoms with E-state index in [1.807, 2.05) is 50.2 Å². The molecule has 14 heteroatoms. The molecule has 0 heterocycles. The molecule has 0 saturated heterocycles. The van der Waals surface area contributed by atoms with Crippen molar-refractivity contribution in [1.29, 1.82) is 0 Å². The lowest BCUT2D eigenvalue weighted by Gasteiger charge is -2.24. The SMILES string of the molecule is CCC(C)[C@@H](COC(=O)N[C@@H](C)C(=O)OC)NC(=O)OCCNC(=O)OC[C@H](C)NC(=O)OCC1c2ccccc2-c2ccccc21. The van der Waals surface area contributed by atoms with Gasteiger partial charge in [0.1, 0.15) is 32.5 Å². The minimum Gasteiger partial charge on any atom is -0.467 e. The van der Waals surface area contributed by atoms with E-state index in [1.54, 1.807) is 6.92 Å². The second kappa shape index (κ2) is 18.2. The summed E-state index contributed by atoms with van der Waals surface area (Å²) in [7, 11) is 1.20. The highest BCUT2D eigenvalue weighted by atomic mass is 16.6. The first-order chi connectivity index (χ1) is 22.5. The van der Waals surface area contributed by atoms with Crippen LogP contribution in [0.2, 0.25) is 0 Å². The molecule has 1 aliphatic carbocycles. The summed E-state index contributed by atoms with van der Waals surface area (Å²) < 4.78 is 25.5. The molecular weight excluding hydrogens is 612 g/mol. The van der Waals surface area contributed by atoms with Gasteiger partial charge in [-0.3, -0.25) is 0 Å². The monoisotopic (exact) mass is 656 g/mol. The second-order valence-corrected chi connectivity index (χ2v) is 11.2. The summed E-state index contributed by atoms with van der Waals surface area (Å²) in [5.74, 6) is -0.761. The maximum atomic E-state index is 12.5. The van der Waals surface area contributed by atoms with E-state index in [0.717, 1.165) is 22.3 Å². The van der Waals surface area contributed by atoms with Crippen molar-refractivity contribution >= 4 is 30.3 Å². The van der Waals surface area contributed by atoms with Gasteiger partial charge in [-0.05, 0) is 42.0 Å². The van der Waals surface area contributed by atoms with Gasteiger partial charge < -0.3 is 45.0 Å². The van der Waals surface area contributed by atoms with Crippen molar-refractivity contribution in [2.24, 2.45) is 5.92 Å². The molecule has 2 aromatic carbocycles. The Morgan fingerprint density at radius 1 is 0.723 bits per heavy atom. The lowest BCUT2D eigenvalue weighted by Crippen LogP contribution is -2.46. The Kier molecular flexibility index (Phi) is 14.1. The fourth-order valence-corrected chi connectivity index (χ4v) is 4.88. The van der Waals surface area contributed by atoms with Gasteiger partial charge in [0.15, 0.2) is 0 Å². The highest BCUT2D eigenvalue weighted by Gasteiger charge is 2.29. The minimum absolute atomic E-state index is 0.0290. The molecule has 0 aromatic heterocycles. The van der Waals surface area contributed by atoms with Crippen molar-refractivity contribution in [3.05, 3.63) is 59.7 Å². The van der Waals surface area contributed by atoms with E-state index in [-0.39, 0.29) is 44.8 Å². The van der Waals surface area contributed by atoms with Gasteiger partial charge in [0, 0.05) is 5.92 Å². The molecule has 47 heavy (non-hydrogen) atoms. The summed E-state index contributed by atoms with van der Waals surface area (Å²) in [6.45, 7) is 6.61. The molecule has 3 rings (SSSR count). The molecule has 1 unspecified atom stereocenters. The Morgan fingerprint density at radius 3 is 1.91 bits per heavy atom. The lowest BCUT2D eigenvalue weighted by atomic mass is 9.98. The maximum Gasteiger partial charge on any atom is 0.407 e. The first-order valence-corrected chi connectivity index (χ1v) is 15.5. The maximum absolute atomic E-state index is 12.5. The highest BCUT2D eigenvalue weighted by molar-refractivity contribution is 5.81. The van der Waals surface area contributed by atoms with Gasteiger partial charge in [0.05, 0.1) is 25.7 Å². The highest BCUT2D eigenvalue weighted by Crippen LogP contribution is 2.44. The van der Waals surface area contributed by atoms with Crippen LogP contribution in [0.3, 0.4) is 0 Å². The van der Waals surface area contributed by atoms with Crippen LogP contribution in [0.1, 0.15) is 51.2 Å². The van der Waals surface area contributed by atoms with E-state index in [4.69, 9.17) is 18.9 Å². The Balaban J connectivity index is 1.30. The molecule has 0 aliphatic heterocycles. The second-order valence-electron chi connectivity index (χ2n) is 11.2. The number of carbonyl (C=O) groups excluding carboxylic acids is 5. The molecule has 4 atom stereocenters. The number of ether oxygens (including phenoxy) is 5. The van der Waals surface area contributed by atoms with Crippen LogP contribution in [0, 0.1) is 5.92 Å². The molecule has 4 amide bonds. The van der Waals surface area contributed by atoms with E-state index in [0.29, 0.717) is 6.42 Å². The first kappa shape index (κ1) is 36.5. The van der Waals surface area contributed by atoms with Gasteiger partial charge in [0.25, 0.3) is 0 Å². The first-order valence-electron chi connectivity index (χ1n) is 15.5.